The van der Waals surface area contributed by atoms with E-state index in [1.165, 1.54) is 76.3 Å². The zero-order valence-electron chi connectivity index (χ0n) is 21.5. The molecule has 2 nitrogen and oxygen atoms in total. The summed E-state index contributed by atoms with van der Waals surface area (Å²) < 4.78 is 0. The lowest BCUT2D eigenvalue weighted by molar-refractivity contribution is -0.00801. The molecule has 2 atom stereocenters. The van der Waals surface area contributed by atoms with Gasteiger partial charge in [0.1, 0.15) is 0 Å². The third-order valence-corrected chi connectivity index (χ3v) is 7.70. The van der Waals surface area contributed by atoms with Crippen LogP contribution in [0.5, 0.6) is 0 Å². The van der Waals surface area contributed by atoms with Gasteiger partial charge in [0.2, 0.25) is 0 Å². The summed E-state index contributed by atoms with van der Waals surface area (Å²) in [7, 11) is 0. The van der Waals surface area contributed by atoms with Crippen LogP contribution < -0.4 is 5.32 Å². The maximum Gasteiger partial charge on any atom is 0.0400 e. The predicted molar refractivity (Wildman–Crippen MR) is 134 cm³/mol. The molecule has 0 radical (unpaired) electrons. The fourth-order valence-corrected chi connectivity index (χ4v) is 5.30. The largest absolute Gasteiger partial charge is 0.388 e. The molecule has 0 aromatic carbocycles. The molecule has 0 aromatic rings. The number of fused-ring (bicyclic) bond motifs is 1. The molecule has 3 aliphatic rings. The molecular weight excluding hydrogens is 364 g/mol. The van der Waals surface area contributed by atoms with Crippen molar-refractivity contribution in [3.63, 3.8) is 0 Å². The third-order valence-electron chi connectivity index (χ3n) is 7.70. The first kappa shape index (κ1) is 25.5. The van der Waals surface area contributed by atoms with Gasteiger partial charge in [-0.1, -0.05) is 87.0 Å². The highest BCUT2D eigenvalue weighted by molar-refractivity contribution is 6.02. The third kappa shape index (κ3) is 7.13. The molecule has 2 heteroatoms. The number of aliphatic imine (C=N–C) groups is 1. The minimum Gasteiger partial charge on any atom is -0.388 e. The van der Waals surface area contributed by atoms with Gasteiger partial charge in [0.25, 0.3) is 0 Å². The molecule has 174 valence electrons. The lowest BCUT2D eigenvalue weighted by Gasteiger charge is -2.58. The van der Waals surface area contributed by atoms with E-state index in [-0.39, 0.29) is 0 Å². The van der Waals surface area contributed by atoms with E-state index in [0.717, 1.165) is 25.4 Å². The highest BCUT2D eigenvalue weighted by atomic mass is 14.9. The molecule has 3 rings (SSSR count). The van der Waals surface area contributed by atoms with Crippen molar-refractivity contribution in [3.05, 3.63) is 11.3 Å². The number of hydrogen-bond acceptors (Lipinski definition) is 2. The molecule has 0 aromatic heterocycles. The maximum absolute atomic E-state index is 5.29. The van der Waals surface area contributed by atoms with Crippen LogP contribution in [0.4, 0.5) is 0 Å². The van der Waals surface area contributed by atoms with E-state index in [1.54, 1.807) is 11.3 Å². The standard InChI is InChI=1S/C28H52N2/c1-8-10-12-14-18-29-24(16-17-27(3,4)5)26-23-20-22(28(23,6)7)21-25(26)30-19-15-13-11-9-2/h22-23,30H,8-21H2,1-7H3. The summed E-state index contributed by atoms with van der Waals surface area (Å²) in [6.07, 6.45) is 15.5. The number of allylic oxidation sites excluding steroid dienone is 2. The molecule has 0 heterocycles. The van der Waals surface area contributed by atoms with Gasteiger partial charge < -0.3 is 5.32 Å². The molecule has 0 saturated heterocycles. The van der Waals surface area contributed by atoms with Crippen LogP contribution in [0.15, 0.2) is 16.3 Å². The molecule has 0 aliphatic heterocycles. The van der Waals surface area contributed by atoms with Gasteiger partial charge in [-0.2, -0.15) is 0 Å². The van der Waals surface area contributed by atoms with Gasteiger partial charge in [0, 0.05) is 24.5 Å². The van der Waals surface area contributed by atoms with Crippen molar-refractivity contribution in [1.82, 2.24) is 5.32 Å². The van der Waals surface area contributed by atoms with E-state index >= 15 is 0 Å². The smallest absolute Gasteiger partial charge is 0.0400 e. The number of nitrogens with zero attached hydrogens (tertiary/aromatic N) is 1. The van der Waals surface area contributed by atoms with Crippen LogP contribution in [0.3, 0.4) is 0 Å². The summed E-state index contributed by atoms with van der Waals surface area (Å²) in [5.74, 6) is 1.57. The van der Waals surface area contributed by atoms with Crippen molar-refractivity contribution in [2.45, 2.75) is 126 Å². The van der Waals surface area contributed by atoms with E-state index in [4.69, 9.17) is 4.99 Å². The van der Waals surface area contributed by atoms with Crippen molar-refractivity contribution >= 4 is 5.71 Å². The van der Waals surface area contributed by atoms with E-state index in [2.05, 4.69) is 53.8 Å². The highest BCUT2D eigenvalue weighted by Crippen LogP contribution is 2.61. The zero-order chi connectivity index (χ0) is 22.2. The second kappa shape index (κ2) is 11.7. The second-order valence-corrected chi connectivity index (χ2v) is 11.8. The lowest BCUT2D eigenvalue weighted by atomic mass is 9.47. The first-order chi connectivity index (χ1) is 14.2. The topological polar surface area (TPSA) is 24.4 Å². The van der Waals surface area contributed by atoms with Crippen molar-refractivity contribution in [2.24, 2.45) is 27.7 Å². The molecule has 2 bridgehead atoms. The summed E-state index contributed by atoms with van der Waals surface area (Å²) in [5.41, 5.74) is 5.47. The van der Waals surface area contributed by atoms with Crippen molar-refractivity contribution < 1.29 is 0 Å². The van der Waals surface area contributed by atoms with Crippen LogP contribution in [-0.4, -0.2) is 18.8 Å². The Morgan fingerprint density at radius 1 is 1.00 bits per heavy atom. The molecule has 1 fully saturated rings. The Labute approximate surface area is 188 Å². The fraction of sp³-hybridized carbons (Fsp3) is 0.893. The highest BCUT2D eigenvalue weighted by Gasteiger charge is 2.54. The van der Waals surface area contributed by atoms with Gasteiger partial charge in [-0.3, -0.25) is 4.99 Å². The molecule has 30 heavy (non-hydrogen) atoms. The number of rotatable bonds is 14. The first-order valence-electron chi connectivity index (χ1n) is 13.2. The summed E-state index contributed by atoms with van der Waals surface area (Å²) in [4.78, 5) is 5.29. The van der Waals surface area contributed by atoms with Gasteiger partial charge in [0.15, 0.2) is 0 Å². The lowest BCUT2D eigenvalue weighted by Crippen LogP contribution is -2.52. The summed E-state index contributed by atoms with van der Waals surface area (Å²) in [5, 5.41) is 3.92. The first-order valence-corrected chi connectivity index (χ1v) is 13.2. The molecule has 1 N–H and O–H groups in total. The van der Waals surface area contributed by atoms with Crippen LogP contribution in [0.2, 0.25) is 0 Å². The van der Waals surface area contributed by atoms with Gasteiger partial charge >= 0.3 is 0 Å². The van der Waals surface area contributed by atoms with E-state index in [0.29, 0.717) is 16.7 Å². The van der Waals surface area contributed by atoms with Crippen molar-refractivity contribution in [1.29, 1.82) is 0 Å². The Balaban J connectivity index is 2.19. The Hall–Kier alpha value is -0.790. The average Bonchev–Trinajstić information content (AvgIpc) is 2.69. The van der Waals surface area contributed by atoms with Crippen LogP contribution in [-0.2, 0) is 0 Å². The summed E-state index contributed by atoms with van der Waals surface area (Å²) >= 11 is 0. The van der Waals surface area contributed by atoms with Crippen LogP contribution in [0.1, 0.15) is 126 Å². The number of hydrogen-bond donors (Lipinski definition) is 1. The van der Waals surface area contributed by atoms with Crippen LogP contribution in [0.25, 0.3) is 0 Å². The Kier molecular flexibility index (Phi) is 9.95. The molecule has 2 unspecified atom stereocenters. The normalized spacial score (nSPS) is 23.5. The number of nitrogens with one attached hydrogen (secondary N) is 1. The van der Waals surface area contributed by atoms with Crippen LogP contribution >= 0.6 is 0 Å². The Bertz CT molecular complexity index is 576. The SMILES string of the molecule is CCCCCCN=C(CCC(C)(C)C)C1=C(NCCCCCC)CC2CC1C2(C)C. The fourth-order valence-electron chi connectivity index (χ4n) is 5.30. The molecular formula is C28H52N2. The summed E-state index contributed by atoms with van der Waals surface area (Å²) in [6, 6.07) is 0. The van der Waals surface area contributed by atoms with Crippen molar-refractivity contribution in [2.75, 3.05) is 13.1 Å². The van der Waals surface area contributed by atoms with Gasteiger partial charge in [0.05, 0.1) is 0 Å². The van der Waals surface area contributed by atoms with Crippen molar-refractivity contribution in [3.8, 4) is 0 Å². The zero-order valence-corrected chi connectivity index (χ0v) is 21.5. The monoisotopic (exact) mass is 416 g/mol. The molecule has 1 saturated carbocycles. The molecule has 3 aliphatic carbocycles. The quantitative estimate of drug-likeness (QED) is 0.223. The average molecular weight is 417 g/mol. The second-order valence-electron chi connectivity index (χ2n) is 11.8. The van der Waals surface area contributed by atoms with Gasteiger partial charge in [-0.25, -0.2) is 0 Å². The Morgan fingerprint density at radius 2 is 1.67 bits per heavy atom. The van der Waals surface area contributed by atoms with E-state index < -0.39 is 0 Å². The minimum absolute atomic E-state index is 0.365. The maximum atomic E-state index is 5.29. The molecule has 0 spiro atoms. The molecule has 0 amide bonds. The minimum atomic E-state index is 0.365. The Morgan fingerprint density at radius 3 is 2.27 bits per heavy atom. The number of unbranched alkanes of at least 4 members (excludes halogenated alkanes) is 6. The van der Waals surface area contributed by atoms with Crippen LogP contribution in [0, 0.1) is 22.7 Å². The van der Waals surface area contributed by atoms with E-state index in [1.807, 2.05) is 0 Å². The van der Waals surface area contributed by atoms with Gasteiger partial charge in [-0.05, 0) is 66.8 Å². The predicted octanol–water partition coefficient (Wildman–Crippen LogP) is 8.32. The van der Waals surface area contributed by atoms with Gasteiger partial charge in [-0.15, -0.1) is 0 Å². The van der Waals surface area contributed by atoms with E-state index in [9.17, 15) is 0 Å². The summed E-state index contributed by atoms with van der Waals surface area (Å²) in [6.45, 7) is 18.9.